The van der Waals surface area contributed by atoms with Crippen LogP contribution in [0.15, 0.2) is 24.3 Å². The molecule has 0 saturated carbocycles. The van der Waals surface area contributed by atoms with Gasteiger partial charge in [0.05, 0.1) is 7.11 Å². The van der Waals surface area contributed by atoms with Crippen molar-refractivity contribution in [2.75, 3.05) is 7.11 Å². The van der Waals surface area contributed by atoms with Crippen LogP contribution in [-0.4, -0.2) is 13.0 Å². The van der Waals surface area contributed by atoms with Crippen LogP contribution in [0, 0.1) is 6.92 Å². The molecule has 0 aliphatic heterocycles. The maximum Gasteiger partial charge on any atom is 0.274 e. The average molecular weight is 164 g/mol. The lowest BCUT2D eigenvalue weighted by Crippen LogP contribution is -2.21. The third-order valence-electron chi connectivity index (χ3n) is 1.41. The van der Waals surface area contributed by atoms with Crippen LogP contribution in [0.1, 0.15) is 15.9 Å². The minimum Gasteiger partial charge on any atom is -0.277 e. The monoisotopic (exact) mass is 164 g/mol. The maximum absolute atomic E-state index is 11.1. The highest BCUT2D eigenvalue weighted by atomic mass is 16.6. The van der Waals surface area contributed by atoms with Crippen molar-refractivity contribution in [3.05, 3.63) is 42.3 Å². The summed E-state index contributed by atoms with van der Waals surface area (Å²) < 4.78 is 0. The highest BCUT2D eigenvalue weighted by molar-refractivity contribution is 5.93. The zero-order valence-electron chi connectivity index (χ0n) is 6.83. The van der Waals surface area contributed by atoms with E-state index < -0.39 is 0 Å². The molecule has 1 rings (SSSR count). The Morgan fingerprint density at radius 1 is 1.42 bits per heavy atom. The van der Waals surface area contributed by atoms with Crippen LogP contribution < -0.4 is 5.48 Å². The van der Waals surface area contributed by atoms with Gasteiger partial charge in [-0.3, -0.25) is 9.63 Å². The standard InChI is InChI=1S/C9H10NO2/c1-7-3-5-8(6-4-7)9(11)10-12-2/h3-6H,1H2,2H3,(H,10,11). The predicted octanol–water partition coefficient (Wildman–Crippen LogP) is 1.16. The summed E-state index contributed by atoms with van der Waals surface area (Å²) >= 11 is 0. The van der Waals surface area contributed by atoms with E-state index in [9.17, 15) is 4.79 Å². The summed E-state index contributed by atoms with van der Waals surface area (Å²) in [6.07, 6.45) is 0. The number of amides is 1. The lowest BCUT2D eigenvalue weighted by molar-refractivity contribution is 0.0537. The summed E-state index contributed by atoms with van der Waals surface area (Å²) in [5.41, 5.74) is 3.66. The van der Waals surface area contributed by atoms with E-state index in [1.165, 1.54) is 7.11 Å². The molecule has 1 radical (unpaired) electrons. The van der Waals surface area contributed by atoms with E-state index in [4.69, 9.17) is 0 Å². The highest BCUT2D eigenvalue weighted by Gasteiger charge is 2.02. The molecular weight excluding hydrogens is 154 g/mol. The van der Waals surface area contributed by atoms with Gasteiger partial charge >= 0.3 is 0 Å². The van der Waals surface area contributed by atoms with E-state index in [1.807, 2.05) is 0 Å². The minimum atomic E-state index is -0.252. The van der Waals surface area contributed by atoms with Gasteiger partial charge in [0.1, 0.15) is 0 Å². The Hall–Kier alpha value is -1.35. The molecule has 63 valence electrons. The number of benzene rings is 1. The summed E-state index contributed by atoms with van der Waals surface area (Å²) in [4.78, 5) is 15.6. The fraction of sp³-hybridized carbons (Fsp3) is 0.111. The molecule has 0 fully saturated rings. The van der Waals surface area contributed by atoms with E-state index in [2.05, 4.69) is 17.2 Å². The van der Waals surface area contributed by atoms with Crippen molar-refractivity contribution in [3.8, 4) is 0 Å². The zero-order valence-corrected chi connectivity index (χ0v) is 6.83. The van der Waals surface area contributed by atoms with Crippen molar-refractivity contribution in [3.63, 3.8) is 0 Å². The third kappa shape index (κ3) is 2.07. The van der Waals surface area contributed by atoms with Gasteiger partial charge in [0.15, 0.2) is 0 Å². The van der Waals surface area contributed by atoms with Crippen LogP contribution in [0.25, 0.3) is 0 Å². The molecule has 3 nitrogen and oxygen atoms in total. The Labute approximate surface area is 71.3 Å². The number of hydroxylamine groups is 1. The quantitative estimate of drug-likeness (QED) is 0.666. The zero-order chi connectivity index (χ0) is 8.97. The number of hydrogen-bond acceptors (Lipinski definition) is 2. The molecule has 0 aliphatic carbocycles. The molecular formula is C9H10NO2. The smallest absolute Gasteiger partial charge is 0.274 e. The number of hydrogen-bond donors (Lipinski definition) is 1. The molecule has 0 aliphatic rings. The van der Waals surface area contributed by atoms with Crippen molar-refractivity contribution in [1.82, 2.24) is 5.48 Å². The van der Waals surface area contributed by atoms with Gasteiger partial charge in [-0.15, -0.1) is 0 Å². The number of carbonyl (C=O) groups is 1. The van der Waals surface area contributed by atoms with Crippen molar-refractivity contribution in [2.24, 2.45) is 0 Å². The first kappa shape index (κ1) is 8.74. The maximum atomic E-state index is 11.1. The van der Waals surface area contributed by atoms with Gasteiger partial charge in [-0.05, 0) is 24.6 Å². The Bertz CT molecular complexity index is 266. The average Bonchev–Trinajstić information content (AvgIpc) is 2.06. The summed E-state index contributed by atoms with van der Waals surface area (Å²) in [5, 5.41) is 0. The first-order chi connectivity index (χ1) is 5.74. The predicted molar refractivity (Wildman–Crippen MR) is 45.4 cm³/mol. The lowest BCUT2D eigenvalue weighted by Gasteiger charge is -2.01. The van der Waals surface area contributed by atoms with Gasteiger partial charge in [0.2, 0.25) is 0 Å². The van der Waals surface area contributed by atoms with E-state index in [1.54, 1.807) is 24.3 Å². The molecule has 3 heteroatoms. The molecule has 0 saturated heterocycles. The van der Waals surface area contributed by atoms with Crippen LogP contribution in [0.2, 0.25) is 0 Å². The number of rotatable bonds is 2. The van der Waals surface area contributed by atoms with Gasteiger partial charge in [-0.1, -0.05) is 12.1 Å². The molecule has 1 aromatic carbocycles. The van der Waals surface area contributed by atoms with Crippen molar-refractivity contribution < 1.29 is 9.63 Å². The van der Waals surface area contributed by atoms with Crippen molar-refractivity contribution in [2.45, 2.75) is 0 Å². The van der Waals surface area contributed by atoms with E-state index in [-0.39, 0.29) is 5.91 Å². The molecule has 1 amide bonds. The van der Waals surface area contributed by atoms with Crippen LogP contribution >= 0.6 is 0 Å². The second-order valence-corrected chi connectivity index (χ2v) is 2.33. The first-order valence-electron chi connectivity index (χ1n) is 3.49. The van der Waals surface area contributed by atoms with Gasteiger partial charge < -0.3 is 0 Å². The van der Waals surface area contributed by atoms with Gasteiger partial charge in [-0.25, -0.2) is 5.48 Å². The molecule has 0 bridgehead atoms. The van der Waals surface area contributed by atoms with Crippen LogP contribution in [0.4, 0.5) is 0 Å². The molecule has 1 aromatic rings. The van der Waals surface area contributed by atoms with Gasteiger partial charge in [0.25, 0.3) is 5.91 Å². The Balaban J connectivity index is 2.75. The molecule has 0 heterocycles. The van der Waals surface area contributed by atoms with Gasteiger partial charge in [0, 0.05) is 5.56 Å². The van der Waals surface area contributed by atoms with E-state index >= 15 is 0 Å². The molecule has 1 N–H and O–H groups in total. The number of carbonyl (C=O) groups excluding carboxylic acids is 1. The largest absolute Gasteiger partial charge is 0.277 e. The molecule has 0 aromatic heterocycles. The topological polar surface area (TPSA) is 38.3 Å². The van der Waals surface area contributed by atoms with E-state index in [0.717, 1.165) is 5.56 Å². The van der Waals surface area contributed by atoms with Crippen LogP contribution in [0.3, 0.4) is 0 Å². The Morgan fingerprint density at radius 2 is 2.00 bits per heavy atom. The molecule has 0 spiro atoms. The molecule has 12 heavy (non-hydrogen) atoms. The van der Waals surface area contributed by atoms with E-state index in [0.29, 0.717) is 5.56 Å². The fourth-order valence-corrected chi connectivity index (χ4v) is 0.808. The summed E-state index contributed by atoms with van der Waals surface area (Å²) in [7, 11) is 1.40. The first-order valence-corrected chi connectivity index (χ1v) is 3.49. The summed E-state index contributed by atoms with van der Waals surface area (Å²) in [5.74, 6) is -0.252. The number of nitrogens with one attached hydrogen (secondary N) is 1. The van der Waals surface area contributed by atoms with Crippen LogP contribution in [-0.2, 0) is 4.84 Å². The summed E-state index contributed by atoms with van der Waals surface area (Å²) in [6.45, 7) is 3.70. The summed E-state index contributed by atoms with van der Waals surface area (Å²) in [6, 6.07) is 6.92. The normalized spacial score (nSPS) is 9.50. The minimum absolute atomic E-state index is 0.252. The molecule has 0 atom stereocenters. The Kier molecular flexibility index (Phi) is 2.82. The Morgan fingerprint density at radius 3 is 2.50 bits per heavy atom. The van der Waals surface area contributed by atoms with Crippen molar-refractivity contribution >= 4 is 5.91 Å². The SMILES string of the molecule is [CH2]c1ccc(C(=O)NOC)cc1. The highest BCUT2D eigenvalue weighted by Crippen LogP contribution is 2.02. The lowest BCUT2D eigenvalue weighted by atomic mass is 10.1. The fourth-order valence-electron chi connectivity index (χ4n) is 0.808. The van der Waals surface area contributed by atoms with Crippen molar-refractivity contribution in [1.29, 1.82) is 0 Å². The van der Waals surface area contributed by atoms with Gasteiger partial charge in [-0.2, -0.15) is 0 Å². The second kappa shape index (κ2) is 3.88. The third-order valence-corrected chi connectivity index (χ3v) is 1.41. The molecule has 0 unspecified atom stereocenters. The second-order valence-electron chi connectivity index (χ2n) is 2.33. The van der Waals surface area contributed by atoms with Crippen LogP contribution in [0.5, 0.6) is 0 Å².